The van der Waals surface area contributed by atoms with E-state index in [0.717, 1.165) is 25.9 Å². The van der Waals surface area contributed by atoms with Crippen LogP contribution in [0.15, 0.2) is 0 Å². The van der Waals surface area contributed by atoms with Crippen LogP contribution in [0.3, 0.4) is 0 Å². The topological polar surface area (TPSA) is 15.7 Å². The number of rotatable bonds is 8. The van der Waals surface area contributed by atoms with E-state index < -0.39 is 0 Å². The van der Waals surface area contributed by atoms with Crippen molar-refractivity contribution in [2.24, 2.45) is 0 Å². The van der Waals surface area contributed by atoms with Crippen LogP contribution < -0.4 is 0 Å². The first kappa shape index (κ1) is 14.9. The van der Waals surface area contributed by atoms with Gasteiger partial charge in [0.15, 0.2) is 0 Å². The van der Waals surface area contributed by atoms with Gasteiger partial charge in [0.2, 0.25) is 0 Å². The van der Waals surface area contributed by atoms with E-state index in [1.807, 2.05) is 0 Å². The van der Waals surface area contributed by atoms with Gasteiger partial charge in [-0.1, -0.05) is 0 Å². The van der Waals surface area contributed by atoms with Gasteiger partial charge in [-0.2, -0.15) is 0 Å². The molecule has 0 saturated heterocycles. The molecule has 0 N–H and O–H groups in total. The van der Waals surface area contributed by atoms with Gasteiger partial charge in [0.25, 0.3) is 0 Å². The molecule has 0 heterocycles. The minimum atomic E-state index is 0.365. The molecule has 3 heteroatoms. The van der Waals surface area contributed by atoms with Crippen molar-refractivity contribution in [2.45, 2.75) is 38.9 Å². The predicted molar refractivity (Wildman–Crippen MR) is 66.4 cm³/mol. The third-order valence-corrected chi connectivity index (χ3v) is 2.43. The first-order valence-electron chi connectivity index (χ1n) is 5.86. The summed E-state index contributed by atoms with van der Waals surface area (Å²) >= 11 is 0. The van der Waals surface area contributed by atoms with E-state index in [4.69, 9.17) is 4.74 Å². The van der Waals surface area contributed by atoms with Gasteiger partial charge in [0, 0.05) is 0 Å². The van der Waals surface area contributed by atoms with Crippen LogP contribution in [0.1, 0.15) is 26.7 Å². The molecule has 0 aromatic heterocycles. The summed E-state index contributed by atoms with van der Waals surface area (Å²) < 4.78 is 5.90. The van der Waals surface area contributed by atoms with Gasteiger partial charge < -0.3 is 14.5 Å². The average molecular weight is 216 g/mol. The molecular weight excluding hydrogens is 188 g/mol. The van der Waals surface area contributed by atoms with E-state index in [0.29, 0.717) is 12.2 Å². The molecule has 0 aliphatic carbocycles. The summed E-state index contributed by atoms with van der Waals surface area (Å²) in [5.74, 6) is 0. The molecule has 0 aromatic rings. The van der Waals surface area contributed by atoms with Crippen LogP contribution in [0.25, 0.3) is 0 Å². The van der Waals surface area contributed by atoms with Crippen molar-refractivity contribution in [3.05, 3.63) is 0 Å². The van der Waals surface area contributed by atoms with Gasteiger partial charge in [0.1, 0.15) is 0 Å². The largest absolute Gasteiger partial charge is 0.375 e. The first-order valence-corrected chi connectivity index (χ1v) is 5.86. The quantitative estimate of drug-likeness (QED) is 0.614. The molecule has 0 radical (unpaired) electrons. The lowest BCUT2D eigenvalue weighted by atomic mass is 10.2. The second-order valence-electron chi connectivity index (χ2n) is 4.94. The van der Waals surface area contributed by atoms with Crippen molar-refractivity contribution in [1.82, 2.24) is 9.80 Å². The van der Waals surface area contributed by atoms with Crippen molar-refractivity contribution >= 4 is 0 Å². The zero-order valence-corrected chi connectivity index (χ0v) is 11.3. The summed E-state index contributed by atoms with van der Waals surface area (Å²) in [7, 11) is 8.40. The number of ether oxygens (including phenoxy) is 1. The SMILES string of the molecule is CC(CCN(C)C)OC(C)CCN(C)C. The summed E-state index contributed by atoms with van der Waals surface area (Å²) in [5, 5.41) is 0. The lowest BCUT2D eigenvalue weighted by Gasteiger charge is -2.21. The van der Waals surface area contributed by atoms with Crippen LogP contribution >= 0.6 is 0 Å². The molecule has 15 heavy (non-hydrogen) atoms. The fraction of sp³-hybridized carbons (Fsp3) is 1.00. The average Bonchev–Trinajstić information content (AvgIpc) is 2.11. The predicted octanol–water partition coefficient (Wildman–Crippen LogP) is 1.68. The van der Waals surface area contributed by atoms with Crippen LogP contribution in [0, 0.1) is 0 Å². The number of hydrogen-bond donors (Lipinski definition) is 0. The Balaban J connectivity index is 3.52. The Morgan fingerprint density at radius 1 is 0.800 bits per heavy atom. The molecule has 0 aliphatic rings. The lowest BCUT2D eigenvalue weighted by Crippen LogP contribution is -2.25. The summed E-state index contributed by atoms with van der Waals surface area (Å²) in [6.45, 7) is 6.52. The fourth-order valence-corrected chi connectivity index (χ4v) is 1.41. The normalized spacial score (nSPS) is 16.0. The van der Waals surface area contributed by atoms with E-state index in [-0.39, 0.29) is 0 Å². The molecule has 92 valence electrons. The molecule has 3 nitrogen and oxygen atoms in total. The van der Waals surface area contributed by atoms with Gasteiger partial charge >= 0.3 is 0 Å². The molecule has 0 rings (SSSR count). The van der Waals surface area contributed by atoms with Gasteiger partial charge in [-0.05, 0) is 68.0 Å². The Morgan fingerprint density at radius 2 is 1.13 bits per heavy atom. The standard InChI is InChI=1S/C12H28N2O/c1-11(7-9-13(3)4)15-12(2)8-10-14(5)6/h11-12H,7-10H2,1-6H3. The summed E-state index contributed by atoms with van der Waals surface area (Å²) in [6.07, 6.45) is 2.95. The van der Waals surface area contributed by atoms with Crippen LogP contribution in [0.5, 0.6) is 0 Å². The maximum Gasteiger partial charge on any atom is 0.0562 e. The molecule has 0 spiro atoms. The number of nitrogens with zero attached hydrogens (tertiary/aromatic N) is 2. The maximum absolute atomic E-state index is 5.90. The molecule has 2 unspecified atom stereocenters. The minimum Gasteiger partial charge on any atom is -0.375 e. The zero-order chi connectivity index (χ0) is 11.8. The smallest absolute Gasteiger partial charge is 0.0562 e. The van der Waals surface area contributed by atoms with E-state index in [9.17, 15) is 0 Å². The van der Waals surface area contributed by atoms with Crippen LogP contribution in [-0.4, -0.2) is 63.3 Å². The van der Waals surface area contributed by atoms with Crippen LogP contribution in [0.4, 0.5) is 0 Å². The lowest BCUT2D eigenvalue weighted by molar-refractivity contribution is -0.00540. The maximum atomic E-state index is 5.90. The Morgan fingerprint density at radius 3 is 1.40 bits per heavy atom. The molecular formula is C12H28N2O. The minimum absolute atomic E-state index is 0.365. The second-order valence-corrected chi connectivity index (χ2v) is 4.94. The molecule has 0 amide bonds. The summed E-state index contributed by atoms with van der Waals surface area (Å²) in [6, 6.07) is 0. The van der Waals surface area contributed by atoms with E-state index in [2.05, 4.69) is 51.8 Å². The first-order chi connectivity index (χ1) is 6.91. The van der Waals surface area contributed by atoms with Gasteiger partial charge in [-0.3, -0.25) is 0 Å². The van der Waals surface area contributed by atoms with E-state index >= 15 is 0 Å². The van der Waals surface area contributed by atoms with Gasteiger partial charge in [-0.15, -0.1) is 0 Å². The third kappa shape index (κ3) is 10.2. The highest BCUT2D eigenvalue weighted by Crippen LogP contribution is 2.06. The highest BCUT2D eigenvalue weighted by molar-refractivity contribution is 4.59. The monoisotopic (exact) mass is 216 g/mol. The molecule has 0 fully saturated rings. The van der Waals surface area contributed by atoms with Crippen LogP contribution in [-0.2, 0) is 4.74 Å². The van der Waals surface area contributed by atoms with Crippen molar-refractivity contribution in [2.75, 3.05) is 41.3 Å². The van der Waals surface area contributed by atoms with Crippen molar-refractivity contribution < 1.29 is 4.74 Å². The van der Waals surface area contributed by atoms with Crippen LogP contribution in [0.2, 0.25) is 0 Å². The Hall–Kier alpha value is -0.120. The Bertz CT molecular complexity index is 133. The molecule has 2 atom stereocenters. The summed E-state index contributed by atoms with van der Waals surface area (Å²) in [5.41, 5.74) is 0. The zero-order valence-electron chi connectivity index (χ0n) is 11.3. The van der Waals surface area contributed by atoms with Gasteiger partial charge in [0.05, 0.1) is 12.2 Å². The third-order valence-electron chi connectivity index (χ3n) is 2.43. The second kappa shape index (κ2) is 8.08. The van der Waals surface area contributed by atoms with E-state index in [1.165, 1.54) is 0 Å². The molecule has 0 bridgehead atoms. The van der Waals surface area contributed by atoms with Crippen molar-refractivity contribution in [3.8, 4) is 0 Å². The highest BCUT2D eigenvalue weighted by atomic mass is 16.5. The molecule has 0 aliphatic heterocycles. The fourth-order valence-electron chi connectivity index (χ4n) is 1.41. The van der Waals surface area contributed by atoms with Crippen molar-refractivity contribution in [1.29, 1.82) is 0 Å². The highest BCUT2D eigenvalue weighted by Gasteiger charge is 2.09. The number of hydrogen-bond acceptors (Lipinski definition) is 3. The Labute approximate surface area is 95.4 Å². The molecule has 0 saturated carbocycles. The molecule has 0 aromatic carbocycles. The Kier molecular flexibility index (Phi) is 8.02. The summed E-state index contributed by atoms with van der Waals surface area (Å²) in [4.78, 5) is 4.40. The van der Waals surface area contributed by atoms with Gasteiger partial charge in [-0.25, -0.2) is 0 Å². The van der Waals surface area contributed by atoms with Crippen molar-refractivity contribution in [3.63, 3.8) is 0 Å². The van der Waals surface area contributed by atoms with E-state index in [1.54, 1.807) is 0 Å².